The summed E-state index contributed by atoms with van der Waals surface area (Å²) in [5, 5.41) is 0. The van der Waals surface area contributed by atoms with Gasteiger partial charge in [0.15, 0.2) is 0 Å². The van der Waals surface area contributed by atoms with Crippen LogP contribution in [-0.2, 0) is 4.57 Å². The molecule has 7 nitrogen and oxygen atoms in total. The Bertz CT molecular complexity index is 747. The molecule has 2 rings (SSSR count). The molecule has 0 aliphatic heterocycles. The molecule has 26 heavy (non-hydrogen) atoms. The van der Waals surface area contributed by atoms with Crippen molar-refractivity contribution in [3.05, 3.63) is 47.5 Å². The van der Waals surface area contributed by atoms with Crippen LogP contribution in [0.25, 0.3) is 0 Å². The van der Waals surface area contributed by atoms with E-state index in [4.69, 9.17) is 18.9 Å². The number of benzene rings is 2. The Hall–Kier alpha value is -2.92. The molecule has 2 aromatic carbocycles. The first-order valence-electron chi connectivity index (χ1n) is 7.48. The highest BCUT2D eigenvalue weighted by Gasteiger charge is 2.33. The second-order valence-electron chi connectivity index (χ2n) is 4.98. The summed E-state index contributed by atoms with van der Waals surface area (Å²) in [6, 6.07) is 9.32. The molecule has 2 aromatic rings. The Morgan fingerprint density at radius 2 is 0.923 bits per heavy atom. The van der Waals surface area contributed by atoms with E-state index >= 15 is 0 Å². The summed E-state index contributed by atoms with van der Waals surface area (Å²) in [5.41, 5.74) is -1.90. The van der Waals surface area contributed by atoms with Crippen molar-refractivity contribution in [1.82, 2.24) is 0 Å². The minimum absolute atomic E-state index is 0.0548. The molecular weight excluding hydrogens is 359 g/mol. The third kappa shape index (κ3) is 3.53. The minimum atomic E-state index is -2.99. The van der Waals surface area contributed by atoms with Crippen molar-refractivity contribution < 1.29 is 33.1 Å². The fraction of sp³-hybridized carbons (Fsp3) is 0.222. The summed E-state index contributed by atoms with van der Waals surface area (Å²) >= 11 is 0. The second-order valence-corrected chi connectivity index (χ2v) is 6.38. The van der Waals surface area contributed by atoms with Crippen LogP contribution in [0.1, 0.15) is 20.7 Å². The Labute approximate surface area is 151 Å². The molecule has 0 atom stereocenters. The van der Waals surface area contributed by atoms with Gasteiger partial charge in [-0.25, -0.2) is 0 Å². The van der Waals surface area contributed by atoms with E-state index in [1.54, 1.807) is 12.1 Å². The van der Waals surface area contributed by atoms with E-state index in [1.807, 2.05) is 0 Å². The average Bonchev–Trinajstić information content (AvgIpc) is 2.70. The predicted molar refractivity (Wildman–Crippen MR) is 95.4 cm³/mol. The minimum Gasteiger partial charge on any atom is -0.496 e. The van der Waals surface area contributed by atoms with Gasteiger partial charge in [0.05, 0.1) is 28.4 Å². The maximum atomic E-state index is 12.8. The van der Waals surface area contributed by atoms with Gasteiger partial charge in [-0.1, -0.05) is 12.1 Å². The number of carbonyl (C=O) groups excluding carboxylic acids is 2. The molecule has 8 heteroatoms. The molecule has 0 aromatic heterocycles. The number of rotatable bonds is 8. The molecule has 137 valence electrons. The van der Waals surface area contributed by atoms with E-state index in [-0.39, 0.29) is 34.1 Å². The van der Waals surface area contributed by atoms with Gasteiger partial charge in [-0.3, -0.25) is 14.2 Å². The summed E-state index contributed by atoms with van der Waals surface area (Å²) in [6.45, 7) is 0. The molecule has 0 heterocycles. The molecular formula is C18H18O7P. The van der Waals surface area contributed by atoms with E-state index < -0.39 is 18.8 Å². The van der Waals surface area contributed by atoms with Crippen LogP contribution in [0, 0.1) is 0 Å². The Morgan fingerprint density at radius 3 is 1.15 bits per heavy atom. The van der Waals surface area contributed by atoms with Crippen LogP contribution < -0.4 is 18.9 Å². The van der Waals surface area contributed by atoms with Gasteiger partial charge in [-0.05, 0) is 24.3 Å². The van der Waals surface area contributed by atoms with Crippen molar-refractivity contribution in [1.29, 1.82) is 0 Å². The van der Waals surface area contributed by atoms with Crippen LogP contribution in [-0.4, -0.2) is 39.5 Å². The van der Waals surface area contributed by atoms with Gasteiger partial charge < -0.3 is 18.9 Å². The molecule has 1 radical (unpaired) electrons. The molecule has 0 N–H and O–H groups in total. The third-order valence-electron chi connectivity index (χ3n) is 3.65. The third-order valence-corrected chi connectivity index (χ3v) is 4.84. The van der Waals surface area contributed by atoms with Crippen molar-refractivity contribution in [2.75, 3.05) is 28.4 Å². The quantitative estimate of drug-likeness (QED) is 0.650. The van der Waals surface area contributed by atoms with Crippen molar-refractivity contribution in [3.63, 3.8) is 0 Å². The smallest absolute Gasteiger partial charge is 0.257 e. The van der Waals surface area contributed by atoms with E-state index in [0.29, 0.717) is 0 Å². The standard InChI is InChI=1S/C18H18O7P/c1-22-11-7-5-8-12(23-2)15(11)17(19)26(21)18(20)16-13(24-3)9-6-10-14(16)25-4/h5-10H,1-4H3. The van der Waals surface area contributed by atoms with Gasteiger partial charge in [0.1, 0.15) is 34.1 Å². The monoisotopic (exact) mass is 377 g/mol. The first kappa shape index (κ1) is 19.4. The number of ether oxygens (including phenoxy) is 4. The lowest BCUT2D eigenvalue weighted by Crippen LogP contribution is -2.08. The Balaban J connectivity index is 2.51. The van der Waals surface area contributed by atoms with Crippen molar-refractivity contribution in [2.45, 2.75) is 0 Å². The number of hydrogen-bond acceptors (Lipinski definition) is 7. The zero-order valence-electron chi connectivity index (χ0n) is 14.8. The van der Waals surface area contributed by atoms with Gasteiger partial charge in [0.2, 0.25) is 7.80 Å². The van der Waals surface area contributed by atoms with Crippen LogP contribution >= 0.6 is 7.80 Å². The zero-order valence-corrected chi connectivity index (χ0v) is 15.7. The predicted octanol–water partition coefficient (Wildman–Crippen LogP) is 3.53. The summed E-state index contributed by atoms with van der Waals surface area (Å²) < 4.78 is 33.3. The fourth-order valence-corrected chi connectivity index (χ4v) is 3.45. The molecule has 0 saturated heterocycles. The number of carbonyl (C=O) groups is 2. The van der Waals surface area contributed by atoms with Gasteiger partial charge in [0, 0.05) is 0 Å². The zero-order chi connectivity index (χ0) is 19.3. The summed E-state index contributed by atoms with van der Waals surface area (Å²) in [6.07, 6.45) is 0. The molecule has 0 bridgehead atoms. The van der Waals surface area contributed by atoms with Crippen LogP contribution in [0.4, 0.5) is 0 Å². The average molecular weight is 377 g/mol. The van der Waals surface area contributed by atoms with Crippen LogP contribution in [0.3, 0.4) is 0 Å². The summed E-state index contributed by atoms with van der Waals surface area (Å²) in [5.74, 6) is 0.657. The van der Waals surface area contributed by atoms with E-state index in [2.05, 4.69) is 0 Å². The molecule has 0 unspecified atom stereocenters. The van der Waals surface area contributed by atoms with E-state index in [0.717, 1.165) is 0 Å². The summed E-state index contributed by atoms with van der Waals surface area (Å²) in [4.78, 5) is 25.5. The molecule has 0 aliphatic rings. The highest BCUT2D eigenvalue weighted by atomic mass is 31.1. The maximum absolute atomic E-state index is 12.8. The molecule has 0 saturated carbocycles. The lowest BCUT2D eigenvalue weighted by molar-refractivity contribution is 0.104. The highest BCUT2D eigenvalue weighted by molar-refractivity contribution is 7.80. The lowest BCUT2D eigenvalue weighted by atomic mass is 10.2. The molecule has 0 amide bonds. The van der Waals surface area contributed by atoms with Gasteiger partial charge in [-0.2, -0.15) is 0 Å². The van der Waals surface area contributed by atoms with Crippen molar-refractivity contribution in [2.24, 2.45) is 0 Å². The van der Waals surface area contributed by atoms with Crippen molar-refractivity contribution in [3.8, 4) is 23.0 Å². The van der Waals surface area contributed by atoms with Crippen molar-refractivity contribution >= 4 is 18.8 Å². The van der Waals surface area contributed by atoms with E-state index in [9.17, 15) is 14.2 Å². The maximum Gasteiger partial charge on any atom is 0.257 e. The Kier molecular flexibility index (Phi) is 6.31. The fourth-order valence-electron chi connectivity index (χ4n) is 2.42. The first-order valence-corrected chi connectivity index (χ1v) is 8.74. The first-order chi connectivity index (χ1) is 12.5. The number of hydrogen-bond donors (Lipinski definition) is 0. The molecule has 0 spiro atoms. The lowest BCUT2D eigenvalue weighted by Gasteiger charge is -2.13. The van der Waals surface area contributed by atoms with Crippen LogP contribution in [0.5, 0.6) is 23.0 Å². The van der Waals surface area contributed by atoms with Crippen LogP contribution in [0.15, 0.2) is 36.4 Å². The molecule has 0 fully saturated rings. The second kappa shape index (κ2) is 8.45. The molecule has 0 aliphatic carbocycles. The van der Waals surface area contributed by atoms with Gasteiger partial charge in [-0.15, -0.1) is 0 Å². The normalized spacial score (nSPS) is 10.0. The van der Waals surface area contributed by atoms with Gasteiger partial charge in [0.25, 0.3) is 11.0 Å². The largest absolute Gasteiger partial charge is 0.496 e. The number of methoxy groups -OCH3 is 4. The van der Waals surface area contributed by atoms with Gasteiger partial charge >= 0.3 is 0 Å². The van der Waals surface area contributed by atoms with E-state index in [1.165, 1.54) is 52.7 Å². The highest BCUT2D eigenvalue weighted by Crippen LogP contribution is 2.42. The SMILES string of the molecule is COc1cccc(OC)c1C(=O)[P](=O)C(=O)c1c(OC)cccc1OC. The Morgan fingerprint density at radius 1 is 0.654 bits per heavy atom. The summed E-state index contributed by atoms with van der Waals surface area (Å²) in [7, 11) is 2.47. The topological polar surface area (TPSA) is 88.1 Å². The van der Waals surface area contributed by atoms with Crippen LogP contribution in [0.2, 0.25) is 0 Å².